The summed E-state index contributed by atoms with van der Waals surface area (Å²) in [6, 6.07) is -0.133. The molecule has 0 aromatic heterocycles. The third-order valence-corrected chi connectivity index (χ3v) is 5.12. The third kappa shape index (κ3) is 6.70. The Kier molecular flexibility index (Phi) is 7.28. The van der Waals surface area contributed by atoms with E-state index in [2.05, 4.69) is 10.0 Å². The van der Waals surface area contributed by atoms with Crippen molar-refractivity contribution in [3.8, 4) is 0 Å². The second-order valence-corrected chi connectivity index (χ2v) is 7.40. The molecule has 0 bridgehead atoms. The van der Waals surface area contributed by atoms with Crippen molar-refractivity contribution in [3.05, 3.63) is 0 Å². The molecule has 1 atom stereocenters. The van der Waals surface area contributed by atoms with Crippen molar-refractivity contribution in [3.63, 3.8) is 0 Å². The van der Waals surface area contributed by atoms with E-state index in [9.17, 15) is 8.42 Å². The van der Waals surface area contributed by atoms with Crippen LogP contribution in [0.5, 0.6) is 0 Å². The smallest absolute Gasteiger partial charge is 0.212 e. The molecule has 0 aliphatic carbocycles. The molecule has 0 radical (unpaired) electrons. The summed E-state index contributed by atoms with van der Waals surface area (Å²) in [6.45, 7) is 8.84. The minimum Gasteiger partial charge on any atom is -0.380 e. The average molecular weight is 292 g/mol. The van der Waals surface area contributed by atoms with Gasteiger partial charge in [0.15, 0.2) is 0 Å². The summed E-state index contributed by atoms with van der Waals surface area (Å²) >= 11 is 0. The molecule has 0 spiro atoms. The molecule has 0 aromatic carbocycles. The van der Waals surface area contributed by atoms with Crippen molar-refractivity contribution < 1.29 is 13.2 Å². The van der Waals surface area contributed by atoms with E-state index in [4.69, 9.17) is 4.74 Å². The third-order valence-electron chi connectivity index (χ3n) is 3.55. The maximum atomic E-state index is 12.2. The van der Waals surface area contributed by atoms with Crippen molar-refractivity contribution in [2.45, 2.75) is 39.7 Å². The number of hydrogen-bond donors (Lipinski definition) is 2. The highest BCUT2D eigenvalue weighted by atomic mass is 32.2. The largest absolute Gasteiger partial charge is 0.380 e. The predicted octanol–water partition coefficient (Wildman–Crippen LogP) is 0.967. The van der Waals surface area contributed by atoms with Crippen molar-refractivity contribution in [2.24, 2.45) is 11.8 Å². The van der Waals surface area contributed by atoms with E-state index >= 15 is 0 Å². The summed E-state index contributed by atoms with van der Waals surface area (Å²) in [7, 11) is -3.21. The van der Waals surface area contributed by atoms with E-state index in [1.807, 2.05) is 20.8 Å². The fraction of sp³-hybridized carbons (Fsp3) is 1.00. The maximum absolute atomic E-state index is 12.2. The molecule has 2 N–H and O–H groups in total. The van der Waals surface area contributed by atoms with Crippen molar-refractivity contribution in [1.82, 2.24) is 10.0 Å². The van der Waals surface area contributed by atoms with Gasteiger partial charge >= 0.3 is 0 Å². The highest BCUT2D eigenvalue weighted by molar-refractivity contribution is 7.89. The molecule has 1 rings (SSSR count). The zero-order chi connectivity index (χ0) is 14.3. The first kappa shape index (κ1) is 16.9. The van der Waals surface area contributed by atoms with E-state index in [-0.39, 0.29) is 23.6 Å². The number of piperidine rings is 1. The van der Waals surface area contributed by atoms with Gasteiger partial charge in [-0.1, -0.05) is 13.8 Å². The van der Waals surface area contributed by atoms with Crippen LogP contribution in [-0.2, 0) is 14.8 Å². The molecule has 0 aromatic rings. The first-order valence-corrected chi connectivity index (χ1v) is 8.88. The molecule has 1 saturated heterocycles. The second-order valence-electron chi connectivity index (χ2n) is 5.60. The zero-order valence-electron chi connectivity index (χ0n) is 12.3. The normalized spacial score (nSPS) is 19.8. The Morgan fingerprint density at radius 1 is 1.32 bits per heavy atom. The standard InChI is InChI=1S/C13H28N2O3S/c1-4-18-9-13(11(2)3)15-19(16,17)10-12-5-7-14-8-6-12/h11-15H,4-10H2,1-3H3. The fourth-order valence-electron chi connectivity index (χ4n) is 2.24. The van der Waals surface area contributed by atoms with Crippen LogP contribution in [0.2, 0.25) is 0 Å². The van der Waals surface area contributed by atoms with Crippen molar-refractivity contribution in [1.29, 1.82) is 0 Å². The van der Waals surface area contributed by atoms with E-state index in [0.29, 0.717) is 13.2 Å². The van der Waals surface area contributed by atoms with E-state index in [1.165, 1.54) is 0 Å². The minimum absolute atomic E-state index is 0.133. The zero-order valence-corrected chi connectivity index (χ0v) is 13.1. The molecule has 1 aliphatic rings. The van der Waals surface area contributed by atoms with Gasteiger partial charge in [0.1, 0.15) is 0 Å². The Balaban J connectivity index is 2.49. The second kappa shape index (κ2) is 8.19. The monoisotopic (exact) mass is 292 g/mol. The van der Waals surface area contributed by atoms with Gasteiger partial charge in [0.25, 0.3) is 0 Å². The Morgan fingerprint density at radius 3 is 2.47 bits per heavy atom. The summed E-state index contributed by atoms with van der Waals surface area (Å²) in [5, 5.41) is 3.25. The molecule has 5 nitrogen and oxygen atoms in total. The first-order chi connectivity index (χ1) is 8.94. The minimum atomic E-state index is -3.21. The van der Waals surface area contributed by atoms with Gasteiger partial charge in [-0.2, -0.15) is 0 Å². The van der Waals surface area contributed by atoms with Gasteiger partial charge in [0.2, 0.25) is 10.0 Å². The summed E-state index contributed by atoms with van der Waals surface area (Å²) in [4.78, 5) is 0. The summed E-state index contributed by atoms with van der Waals surface area (Å²) in [6.07, 6.45) is 1.89. The number of sulfonamides is 1. The number of rotatable bonds is 8. The molecule has 114 valence electrons. The summed E-state index contributed by atoms with van der Waals surface area (Å²) in [5.41, 5.74) is 0. The molecule has 6 heteroatoms. The molecular formula is C13H28N2O3S. The van der Waals surface area contributed by atoms with E-state index in [1.54, 1.807) is 0 Å². The fourth-order valence-corrected chi connectivity index (χ4v) is 4.10. The van der Waals surface area contributed by atoms with Gasteiger partial charge in [-0.3, -0.25) is 0 Å². The van der Waals surface area contributed by atoms with Crippen LogP contribution in [0.25, 0.3) is 0 Å². The van der Waals surface area contributed by atoms with Crippen LogP contribution in [0.4, 0.5) is 0 Å². The predicted molar refractivity (Wildman–Crippen MR) is 77.6 cm³/mol. The van der Waals surface area contributed by atoms with Crippen molar-refractivity contribution >= 4 is 10.0 Å². The number of hydrogen-bond acceptors (Lipinski definition) is 4. The van der Waals surface area contributed by atoms with Crippen LogP contribution in [0.1, 0.15) is 33.6 Å². The number of ether oxygens (including phenoxy) is 1. The highest BCUT2D eigenvalue weighted by Crippen LogP contribution is 2.14. The quantitative estimate of drug-likeness (QED) is 0.699. The Bertz CT molecular complexity index is 338. The Hall–Kier alpha value is -0.170. The first-order valence-electron chi connectivity index (χ1n) is 7.23. The lowest BCUT2D eigenvalue weighted by molar-refractivity contribution is 0.116. The van der Waals surface area contributed by atoms with Gasteiger partial charge in [-0.25, -0.2) is 13.1 Å². The van der Waals surface area contributed by atoms with Crippen LogP contribution in [0.15, 0.2) is 0 Å². The van der Waals surface area contributed by atoms with Crippen LogP contribution in [0.3, 0.4) is 0 Å². The molecule has 0 saturated carbocycles. The molecule has 1 aliphatic heterocycles. The SMILES string of the molecule is CCOCC(NS(=O)(=O)CC1CCNCC1)C(C)C. The Morgan fingerprint density at radius 2 is 1.95 bits per heavy atom. The lowest BCUT2D eigenvalue weighted by Crippen LogP contribution is -2.44. The van der Waals surface area contributed by atoms with Crippen LogP contribution >= 0.6 is 0 Å². The van der Waals surface area contributed by atoms with Gasteiger partial charge < -0.3 is 10.1 Å². The summed E-state index contributed by atoms with van der Waals surface area (Å²) in [5.74, 6) is 0.748. The van der Waals surface area contributed by atoms with E-state index < -0.39 is 10.0 Å². The molecule has 0 amide bonds. The summed E-state index contributed by atoms with van der Waals surface area (Å²) < 4.78 is 32.5. The Labute approximate surface area is 117 Å². The highest BCUT2D eigenvalue weighted by Gasteiger charge is 2.25. The van der Waals surface area contributed by atoms with Crippen LogP contribution < -0.4 is 10.0 Å². The lowest BCUT2D eigenvalue weighted by Gasteiger charge is -2.26. The topological polar surface area (TPSA) is 67.4 Å². The molecular weight excluding hydrogens is 264 g/mol. The van der Waals surface area contributed by atoms with Crippen LogP contribution in [0, 0.1) is 11.8 Å². The van der Waals surface area contributed by atoms with Crippen molar-refractivity contribution in [2.75, 3.05) is 32.1 Å². The molecule has 1 fully saturated rings. The van der Waals surface area contributed by atoms with Gasteiger partial charge in [0, 0.05) is 12.6 Å². The molecule has 19 heavy (non-hydrogen) atoms. The van der Waals surface area contributed by atoms with Crippen LogP contribution in [-0.4, -0.2) is 46.5 Å². The maximum Gasteiger partial charge on any atom is 0.212 e. The molecule has 1 unspecified atom stereocenters. The van der Waals surface area contributed by atoms with Gasteiger partial charge in [-0.15, -0.1) is 0 Å². The van der Waals surface area contributed by atoms with Gasteiger partial charge in [0.05, 0.1) is 12.4 Å². The number of nitrogens with one attached hydrogen (secondary N) is 2. The van der Waals surface area contributed by atoms with E-state index in [0.717, 1.165) is 25.9 Å². The lowest BCUT2D eigenvalue weighted by atomic mass is 10.0. The average Bonchev–Trinajstić information content (AvgIpc) is 2.34. The molecule has 1 heterocycles. The van der Waals surface area contributed by atoms with Gasteiger partial charge in [-0.05, 0) is 44.7 Å².